The minimum atomic E-state index is -3.56. The van der Waals surface area contributed by atoms with Gasteiger partial charge in [0.25, 0.3) is 0 Å². The minimum Gasteiger partial charge on any atom is -0.331 e. The standard InChI is InChI=1S/C18H23N5O2S/c1-12-17(13(2)21-20-12)26(24,25)23-10-6-7-14(11-23)18-19-15-8-4-5-9-16(15)22(18)3/h4-5,8-9,14H,6-7,10-11H2,1-3H3,(H,20,21). The molecule has 7 nitrogen and oxygen atoms in total. The molecule has 1 saturated heterocycles. The molecule has 0 spiro atoms. The number of para-hydroxylation sites is 2. The van der Waals surface area contributed by atoms with E-state index >= 15 is 0 Å². The van der Waals surface area contributed by atoms with E-state index in [0.717, 1.165) is 29.7 Å². The molecule has 1 fully saturated rings. The molecule has 3 heterocycles. The molecule has 138 valence electrons. The lowest BCUT2D eigenvalue weighted by Crippen LogP contribution is -2.40. The molecule has 1 unspecified atom stereocenters. The van der Waals surface area contributed by atoms with Gasteiger partial charge in [-0.05, 0) is 38.8 Å². The van der Waals surface area contributed by atoms with Crippen LogP contribution in [0.3, 0.4) is 0 Å². The smallest absolute Gasteiger partial charge is 0.246 e. The minimum absolute atomic E-state index is 0.0865. The number of hydrogen-bond donors (Lipinski definition) is 1. The molecule has 0 saturated carbocycles. The summed E-state index contributed by atoms with van der Waals surface area (Å²) in [6.07, 6.45) is 1.76. The van der Waals surface area contributed by atoms with Gasteiger partial charge in [0.05, 0.1) is 22.4 Å². The van der Waals surface area contributed by atoms with Crippen LogP contribution in [0, 0.1) is 13.8 Å². The first-order valence-corrected chi connectivity index (χ1v) is 10.3. The van der Waals surface area contributed by atoms with Crippen LogP contribution in [0.2, 0.25) is 0 Å². The van der Waals surface area contributed by atoms with Crippen molar-refractivity contribution in [1.82, 2.24) is 24.1 Å². The van der Waals surface area contributed by atoms with Crippen molar-refractivity contribution in [2.75, 3.05) is 13.1 Å². The van der Waals surface area contributed by atoms with Gasteiger partial charge in [0, 0.05) is 26.1 Å². The molecule has 0 radical (unpaired) electrons. The van der Waals surface area contributed by atoms with Gasteiger partial charge < -0.3 is 4.57 Å². The average Bonchev–Trinajstić information content (AvgIpc) is 3.15. The highest BCUT2D eigenvalue weighted by molar-refractivity contribution is 7.89. The van der Waals surface area contributed by atoms with Gasteiger partial charge in [-0.2, -0.15) is 9.40 Å². The van der Waals surface area contributed by atoms with Crippen LogP contribution in [0.15, 0.2) is 29.2 Å². The van der Waals surface area contributed by atoms with Gasteiger partial charge in [-0.15, -0.1) is 0 Å². The third-order valence-electron chi connectivity index (χ3n) is 5.23. The van der Waals surface area contributed by atoms with Crippen molar-refractivity contribution >= 4 is 21.1 Å². The van der Waals surface area contributed by atoms with E-state index in [-0.39, 0.29) is 5.92 Å². The Morgan fingerprint density at radius 2 is 2.00 bits per heavy atom. The summed E-state index contributed by atoms with van der Waals surface area (Å²) in [5.41, 5.74) is 3.13. The molecule has 8 heteroatoms. The molecule has 3 aromatic rings. The second kappa shape index (κ2) is 6.21. The third kappa shape index (κ3) is 2.64. The Morgan fingerprint density at radius 1 is 1.23 bits per heavy atom. The molecule has 1 aliphatic rings. The highest BCUT2D eigenvalue weighted by Crippen LogP contribution is 2.32. The van der Waals surface area contributed by atoms with Gasteiger partial charge in [0.2, 0.25) is 10.0 Å². The molecule has 4 rings (SSSR count). The Kier molecular flexibility index (Phi) is 4.11. The van der Waals surface area contributed by atoms with Crippen molar-refractivity contribution in [2.24, 2.45) is 7.05 Å². The molecular weight excluding hydrogens is 350 g/mol. The van der Waals surface area contributed by atoms with Gasteiger partial charge in [0.1, 0.15) is 10.7 Å². The maximum absolute atomic E-state index is 13.2. The van der Waals surface area contributed by atoms with Crippen LogP contribution in [-0.2, 0) is 17.1 Å². The number of fused-ring (bicyclic) bond motifs is 1. The Balaban J connectivity index is 1.68. The predicted molar refractivity (Wildman–Crippen MR) is 99.5 cm³/mol. The molecule has 1 N–H and O–H groups in total. The lowest BCUT2D eigenvalue weighted by atomic mass is 9.99. The highest BCUT2D eigenvalue weighted by atomic mass is 32.2. The molecule has 0 bridgehead atoms. The maximum atomic E-state index is 13.2. The summed E-state index contributed by atoms with van der Waals surface area (Å²) in [6.45, 7) is 4.46. The van der Waals surface area contributed by atoms with Crippen LogP contribution >= 0.6 is 0 Å². The number of nitrogens with one attached hydrogen (secondary N) is 1. The summed E-state index contributed by atoms with van der Waals surface area (Å²) in [7, 11) is -1.56. The first kappa shape index (κ1) is 17.2. The quantitative estimate of drug-likeness (QED) is 0.764. The molecule has 1 aliphatic heterocycles. The Labute approximate surface area is 153 Å². The van der Waals surface area contributed by atoms with E-state index in [0.29, 0.717) is 29.4 Å². The SMILES string of the molecule is Cc1n[nH]c(C)c1S(=O)(=O)N1CCCC(c2nc3ccccc3n2C)C1. The summed E-state index contributed by atoms with van der Waals surface area (Å²) in [6, 6.07) is 8.01. The number of piperidine rings is 1. The van der Waals surface area contributed by atoms with Crippen LogP contribution in [0.1, 0.15) is 36.0 Å². The highest BCUT2D eigenvalue weighted by Gasteiger charge is 2.35. The van der Waals surface area contributed by atoms with Crippen molar-refractivity contribution in [3.8, 4) is 0 Å². The fourth-order valence-electron chi connectivity index (χ4n) is 3.95. The van der Waals surface area contributed by atoms with E-state index in [1.807, 2.05) is 31.3 Å². The van der Waals surface area contributed by atoms with Gasteiger partial charge in [0.15, 0.2) is 0 Å². The van der Waals surface area contributed by atoms with Crippen LogP contribution in [0.25, 0.3) is 11.0 Å². The zero-order valence-corrected chi connectivity index (χ0v) is 16.0. The normalized spacial score (nSPS) is 19.3. The molecule has 26 heavy (non-hydrogen) atoms. The first-order valence-electron chi connectivity index (χ1n) is 8.82. The zero-order chi connectivity index (χ0) is 18.5. The number of rotatable bonds is 3. The van der Waals surface area contributed by atoms with E-state index in [4.69, 9.17) is 4.98 Å². The Hall–Kier alpha value is -2.19. The lowest BCUT2D eigenvalue weighted by molar-refractivity contribution is 0.306. The zero-order valence-electron chi connectivity index (χ0n) is 15.2. The largest absolute Gasteiger partial charge is 0.331 e. The number of aromatic amines is 1. The molecule has 0 amide bonds. The van der Waals surface area contributed by atoms with Crippen LogP contribution in [0.5, 0.6) is 0 Å². The molecule has 0 aliphatic carbocycles. The second-order valence-electron chi connectivity index (χ2n) is 6.98. The third-order valence-corrected chi connectivity index (χ3v) is 7.36. The number of nitrogens with zero attached hydrogens (tertiary/aromatic N) is 4. The van der Waals surface area contributed by atoms with Gasteiger partial charge in [-0.25, -0.2) is 13.4 Å². The summed E-state index contributed by atoms with van der Waals surface area (Å²) in [5.74, 6) is 1.04. The topological polar surface area (TPSA) is 83.9 Å². The number of hydrogen-bond acceptors (Lipinski definition) is 4. The molecular formula is C18H23N5O2S. The van der Waals surface area contributed by atoms with Crippen molar-refractivity contribution in [3.05, 3.63) is 41.5 Å². The number of aryl methyl sites for hydroxylation is 3. The van der Waals surface area contributed by atoms with E-state index in [1.54, 1.807) is 18.2 Å². The lowest BCUT2D eigenvalue weighted by Gasteiger charge is -2.31. The fraction of sp³-hybridized carbons (Fsp3) is 0.444. The summed E-state index contributed by atoms with van der Waals surface area (Å²) < 4.78 is 30.0. The van der Waals surface area contributed by atoms with Crippen molar-refractivity contribution in [1.29, 1.82) is 0 Å². The summed E-state index contributed by atoms with van der Waals surface area (Å²) in [5, 5.41) is 6.83. The van der Waals surface area contributed by atoms with Crippen molar-refractivity contribution < 1.29 is 8.42 Å². The summed E-state index contributed by atoms with van der Waals surface area (Å²) in [4.78, 5) is 5.08. The second-order valence-corrected chi connectivity index (χ2v) is 8.86. The van der Waals surface area contributed by atoms with Crippen molar-refractivity contribution in [2.45, 2.75) is 37.5 Å². The number of H-pyrrole nitrogens is 1. The first-order chi connectivity index (χ1) is 12.4. The molecule has 1 aromatic carbocycles. The number of aromatic nitrogens is 4. The number of imidazole rings is 1. The van der Waals surface area contributed by atoms with Gasteiger partial charge >= 0.3 is 0 Å². The van der Waals surface area contributed by atoms with Crippen LogP contribution < -0.4 is 0 Å². The summed E-state index contributed by atoms with van der Waals surface area (Å²) >= 11 is 0. The number of benzene rings is 1. The Bertz CT molecular complexity index is 1050. The van der Waals surface area contributed by atoms with E-state index < -0.39 is 10.0 Å². The van der Waals surface area contributed by atoms with E-state index in [2.05, 4.69) is 14.8 Å². The monoisotopic (exact) mass is 373 g/mol. The van der Waals surface area contributed by atoms with Crippen LogP contribution in [0.4, 0.5) is 0 Å². The van der Waals surface area contributed by atoms with Gasteiger partial charge in [-0.1, -0.05) is 12.1 Å². The molecule has 2 aromatic heterocycles. The van der Waals surface area contributed by atoms with Gasteiger partial charge in [-0.3, -0.25) is 5.10 Å². The maximum Gasteiger partial charge on any atom is 0.246 e. The number of sulfonamides is 1. The molecule has 1 atom stereocenters. The van der Waals surface area contributed by atoms with E-state index in [1.165, 1.54) is 0 Å². The average molecular weight is 373 g/mol. The Morgan fingerprint density at radius 3 is 2.69 bits per heavy atom. The fourth-order valence-corrected chi connectivity index (χ4v) is 5.81. The van der Waals surface area contributed by atoms with Crippen molar-refractivity contribution in [3.63, 3.8) is 0 Å². The van der Waals surface area contributed by atoms with Crippen LogP contribution in [-0.4, -0.2) is 45.6 Å². The predicted octanol–water partition coefficient (Wildman–Crippen LogP) is 2.48. The van der Waals surface area contributed by atoms with E-state index in [9.17, 15) is 8.42 Å².